The highest BCUT2D eigenvalue weighted by molar-refractivity contribution is 5.92. The van der Waals surface area contributed by atoms with Crippen LogP contribution in [0.3, 0.4) is 0 Å². The summed E-state index contributed by atoms with van der Waals surface area (Å²) >= 11 is 0. The van der Waals surface area contributed by atoms with Crippen molar-refractivity contribution in [2.24, 2.45) is 23.2 Å². The number of carbonyl (C=O) groups excluding carboxylic acids is 3. The molecule has 0 radical (unpaired) electrons. The first-order chi connectivity index (χ1) is 19.8. The van der Waals surface area contributed by atoms with E-state index in [-0.39, 0.29) is 24.1 Å². The normalized spacial score (nSPS) is 25.4. The van der Waals surface area contributed by atoms with Gasteiger partial charge in [-0.05, 0) is 55.8 Å². The largest absolute Gasteiger partial charge is 0.464 e. The van der Waals surface area contributed by atoms with Crippen LogP contribution in [0, 0.1) is 23.2 Å². The van der Waals surface area contributed by atoms with Crippen LogP contribution in [0.25, 0.3) is 0 Å². The van der Waals surface area contributed by atoms with Gasteiger partial charge in [0.2, 0.25) is 5.91 Å². The molecule has 2 amide bonds. The number of ether oxygens (including phenoxy) is 1. The molecule has 2 heterocycles. The standard InChI is InChI=1S/C30H44F3N5O4/c1-5-42-28(41)23-20-13-9-12-19(20)17-38(23)27(40)25(29(2,3)4)37-24(30(31,32)33)22(18-10-7-6-8-11-18)36-26(39)21-16-34-14-15-35-21/h14-16,18-20,22-25,37H,5-13,17H2,1-4H3,(H,36,39)/t19-,20-,22?,23-,24?,25+/m0/s1. The fourth-order valence-electron chi connectivity index (χ4n) is 7.11. The summed E-state index contributed by atoms with van der Waals surface area (Å²) in [6.45, 7) is 7.28. The highest BCUT2D eigenvalue weighted by Gasteiger charge is 2.55. The average molecular weight is 596 g/mol. The van der Waals surface area contributed by atoms with Gasteiger partial charge in [-0.3, -0.25) is 19.9 Å². The number of halogens is 3. The fourth-order valence-corrected chi connectivity index (χ4v) is 7.11. The van der Waals surface area contributed by atoms with Gasteiger partial charge in [0.1, 0.15) is 17.8 Å². The Morgan fingerprint density at radius 2 is 1.76 bits per heavy atom. The lowest BCUT2D eigenvalue weighted by Crippen LogP contribution is -2.66. The maximum absolute atomic E-state index is 15.0. The Morgan fingerprint density at radius 1 is 1.05 bits per heavy atom. The van der Waals surface area contributed by atoms with Crippen molar-refractivity contribution < 1.29 is 32.3 Å². The van der Waals surface area contributed by atoms with E-state index < -0.39 is 59.5 Å². The molecule has 0 spiro atoms. The SMILES string of the molecule is CCOC(=O)[C@@H]1[C@H]2CCC[C@H]2CN1C(=O)[C@@H](NC(C(NC(=O)c1cnccn1)C1CCCCC1)C(F)(F)F)C(C)(C)C. The molecular weight excluding hydrogens is 551 g/mol. The highest BCUT2D eigenvalue weighted by atomic mass is 19.4. The van der Waals surface area contributed by atoms with Gasteiger partial charge in [0.15, 0.2) is 0 Å². The van der Waals surface area contributed by atoms with Crippen LogP contribution in [0.2, 0.25) is 0 Å². The molecular formula is C30H44F3N5O4. The van der Waals surface area contributed by atoms with E-state index in [2.05, 4.69) is 20.6 Å². The third-order valence-electron chi connectivity index (χ3n) is 9.12. The molecule has 12 heteroatoms. The predicted molar refractivity (Wildman–Crippen MR) is 149 cm³/mol. The van der Waals surface area contributed by atoms with Gasteiger partial charge in [0.05, 0.1) is 24.9 Å². The zero-order chi connectivity index (χ0) is 30.7. The van der Waals surface area contributed by atoms with Crippen molar-refractivity contribution in [3.8, 4) is 0 Å². The molecule has 0 bridgehead atoms. The summed E-state index contributed by atoms with van der Waals surface area (Å²) in [5.74, 6) is -2.20. The first-order valence-corrected chi connectivity index (χ1v) is 15.2. The van der Waals surface area contributed by atoms with Crippen LogP contribution in [0.15, 0.2) is 18.6 Å². The number of likely N-dealkylation sites (tertiary alicyclic amines) is 1. The number of rotatable bonds is 9. The van der Waals surface area contributed by atoms with E-state index in [1.165, 1.54) is 23.5 Å². The summed E-state index contributed by atoms with van der Waals surface area (Å²) in [4.78, 5) is 49.7. The second-order valence-corrected chi connectivity index (χ2v) is 13.0. The highest BCUT2D eigenvalue weighted by Crippen LogP contribution is 2.44. The van der Waals surface area contributed by atoms with Crippen LogP contribution >= 0.6 is 0 Å². The van der Waals surface area contributed by atoms with Crippen LogP contribution in [-0.2, 0) is 14.3 Å². The Bertz CT molecular complexity index is 1090. The second kappa shape index (κ2) is 13.3. The van der Waals surface area contributed by atoms with Gasteiger partial charge < -0.3 is 15.0 Å². The predicted octanol–water partition coefficient (Wildman–Crippen LogP) is 4.28. The number of fused-ring (bicyclic) bond motifs is 1. The number of hydrogen-bond acceptors (Lipinski definition) is 7. The summed E-state index contributed by atoms with van der Waals surface area (Å²) in [5.41, 5.74) is -1.02. The lowest BCUT2D eigenvalue weighted by atomic mass is 9.79. The second-order valence-electron chi connectivity index (χ2n) is 13.0. The van der Waals surface area contributed by atoms with Crippen LogP contribution < -0.4 is 10.6 Å². The van der Waals surface area contributed by atoms with Crippen LogP contribution in [0.4, 0.5) is 13.2 Å². The Hall–Kier alpha value is -2.76. The molecule has 3 fully saturated rings. The Balaban J connectivity index is 1.67. The molecule has 9 nitrogen and oxygen atoms in total. The number of nitrogens with one attached hydrogen (secondary N) is 2. The molecule has 2 N–H and O–H groups in total. The van der Waals surface area contributed by atoms with Gasteiger partial charge in [0, 0.05) is 18.9 Å². The average Bonchev–Trinajstić information content (AvgIpc) is 3.53. The van der Waals surface area contributed by atoms with Crippen molar-refractivity contribution in [1.82, 2.24) is 25.5 Å². The van der Waals surface area contributed by atoms with Crippen molar-refractivity contribution in [2.75, 3.05) is 13.2 Å². The molecule has 1 aromatic heterocycles. The van der Waals surface area contributed by atoms with Crippen LogP contribution in [0.1, 0.15) is 89.5 Å². The molecule has 1 aromatic rings. The van der Waals surface area contributed by atoms with Crippen molar-refractivity contribution in [3.05, 3.63) is 24.3 Å². The minimum absolute atomic E-state index is 0.0618. The zero-order valence-corrected chi connectivity index (χ0v) is 25.0. The van der Waals surface area contributed by atoms with E-state index in [0.29, 0.717) is 19.4 Å². The Labute approximate surface area is 245 Å². The first kappa shape index (κ1) is 32.2. The van der Waals surface area contributed by atoms with Crippen molar-refractivity contribution in [2.45, 2.75) is 109 Å². The summed E-state index contributed by atoms with van der Waals surface area (Å²) in [7, 11) is 0. The molecule has 4 rings (SSSR count). The number of amides is 2. The van der Waals surface area contributed by atoms with Gasteiger partial charge in [-0.15, -0.1) is 0 Å². The summed E-state index contributed by atoms with van der Waals surface area (Å²) in [6, 6.07) is -5.64. The number of alkyl halides is 3. The van der Waals surface area contributed by atoms with E-state index in [1.807, 2.05) is 0 Å². The number of nitrogens with zero attached hydrogens (tertiary/aromatic N) is 3. The number of aromatic nitrogens is 2. The van der Waals surface area contributed by atoms with Crippen molar-refractivity contribution in [1.29, 1.82) is 0 Å². The molecule has 1 aliphatic heterocycles. The van der Waals surface area contributed by atoms with Gasteiger partial charge >= 0.3 is 12.1 Å². The monoisotopic (exact) mass is 595 g/mol. The van der Waals surface area contributed by atoms with Gasteiger partial charge in [-0.1, -0.05) is 46.5 Å². The fraction of sp³-hybridized carbons (Fsp3) is 0.767. The molecule has 2 saturated carbocycles. The minimum Gasteiger partial charge on any atom is -0.464 e. The molecule has 42 heavy (non-hydrogen) atoms. The smallest absolute Gasteiger partial charge is 0.405 e. The van der Waals surface area contributed by atoms with E-state index >= 15 is 13.2 Å². The number of hydrogen-bond donors (Lipinski definition) is 2. The molecule has 6 atom stereocenters. The maximum Gasteiger partial charge on any atom is 0.405 e. The van der Waals surface area contributed by atoms with E-state index in [9.17, 15) is 14.4 Å². The molecule has 2 unspecified atom stereocenters. The van der Waals surface area contributed by atoms with E-state index in [4.69, 9.17) is 4.74 Å². The topological polar surface area (TPSA) is 114 Å². The first-order valence-electron chi connectivity index (χ1n) is 15.2. The van der Waals surface area contributed by atoms with E-state index in [1.54, 1.807) is 27.7 Å². The van der Waals surface area contributed by atoms with Gasteiger partial charge in [0.25, 0.3) is 5.91 Å². The third-order valence-corrected chi connectivity index (χ3v) is 9.12. The van der Waals surface area contributed by atoms with Crippen LogP contribution in [-0.4, -0.2) is 76.1 Å². The summed E-state index contributed by atoms with van der Waals surface area (Å²) in [5, 5.41) is 5.33. The lowest BCUT2D eigenvalue weighted by Gasteiger charge is -2.42. The molecule has 234 valence electrons. The van der Waals surface area contributed by atoms with E-state index in [0.717, 1.165) is 38.5 Å². The van der Waals surface area contributed by atoms with Crippen molar-refractivity contribution in [3.63, 3.8) is 0 Å². The molecule has 1 saturated heterocycles. The third kappa shape index (κ3) is 7.23. The Morgan fingerprint density at radius 3 is 2.36 bits per heavy atom. The van der Waals surface area contributed by atoms with Gasteiger partial charge in [-0.2, -0.15) is 13.2 Å². The Kier molecular flexibility index (Phi) is 10.2. The minimum atomic E-state index is -4.79. The van der Waals surface area contributed by atoms with Gasteiger partial charge in [-0.25, -0.2) is 9.78 Å². The summed E-state index contributed by atoms with van der Waals surface area (Å²) in [6.07, 6.45) is 5.17. The lowest BCUT2D eigenvalue weighted by molar-refractivity contribution is -0.173. The molecule has 3 aliphatic rings. The van der Waals surface area contributed by atoms with Crippen molar-refractivity contribution >= 4 is 17.8 Å². The molecule has 2 aliphatic carbocycles. The summed E-state index contributed by atoms with van der Waals surface area (Å²) < 4.78 is 50.4. The molecule has 0 aromatic carbocycles. The maximum atomic E-state index is 15.0. The quantitative estimate of drug-likeness (QED) is 0.410. The number of carbonyl (C=O) groups is 3. The number of esters is 1. The van der Waals surface area contributed by atoms with Crippen LogP contribution in [0.5, 0.6) is 0 Å². The zero-order valence-electron chi connectivity index (χ0n) is 25.0.